The second-order valence-corrected chi connectivity index (χ2v) is 4.50. The van der Waals surface area contributed by atoms with Crippen LogP contribution in [0.25, 0.3) is 0 Å². The molecule has 1 aromatic rings. The molecular formula is C13H25N5O2. The van der Waals surface area contributed by atoms with Gasteiger partial charge >= 0.3 is 6.01 Å². The lowest BCUT2D eigenvalue weighted by Crippen LogP contribution is -2.11. The predicted octanol–water partition coefficient (Wildman–Crippen LogP) is 1.93. The highest BCUT2D eigenvalue weighted by molar-refractivity contribution is 5.35. The van der Waals surface area contributed by atoms with Gasteiger partial charge in [-0.05, 0) is 33.6 Å². The average Bonchev–Trinajstić information content (AvgIpc) is 2.42. The zero-order valence-corrected chi connectivity index (χ0v) is 12.8. The van der Waals surface area contributed by atoms with Crippen LogP contribution < -0.4 is 15.4 Å². The zero-order valence-electron chi connectivity index (χ0n) is 12.8. The smallest absolute Gasteiger partial charge is 0.323 e. The number of ether oxygens (including phenoxy) is 2. The zero-order chi connectivity index (χ0) is 14.8. The van der Waals surface area contributed by atoms with E-state index in [1.54, 1.807) is 7.05 Å². The summed E-state index contributed by atoms with van der Waals surface area (Å²) < 4.78 is 10.8. The Morgan fingerprint density at radius 2 is 1.85 bits per heavy atom. The topological polar surface area (TPSA) is 81.2 Å². The molecule has 0 aliphatic heterocycles. The molecule has 2 N–H and O–H groups in total. The minimum absolute atomic E-state index is 0.290. The quantitative estimate of drug-likeness (QED) is 0.635. The summed E-state index contributed by atoms with van der Waals surface area (Å²) in [6.07, 6.45) is 2.29. The Bertz CT molecular complexity index is 387. The van der Waals surface area contributed by atoms with Crippen molar-refractivity contribution in [3.63, 3.8) is 0 Å². The van der Waals surface area contributed by atoms with Crippen LogP contribution in [0.15, 0.2) is 0 Å². The predicted molar refractivity (Wildman–Crippen MR) is 79.4 cm³/mol. The molecule has 0 aromatic carbocycles. The van der Waals surface area contributed by atoms with Gasteiger partial charge in [0.15, 0.2) is 0 Å². The maximum Gasteiger partial charge on any atom is 0.323 e. The Kier molecular flexibility index (Phi) is 7.64. The summed E-state index contributed by atoms with van der Waals surface area (Å²) in [6.45, 7) is 8.07. The third-order valence-corrected chi connectivity index (χ3v) is 2.42. The van der Waals surface area contributed by atoms with Crippen molar-refractivity contribution in [1.29, 1.82) is 0 Å². The SMILES string of the molecule is CCOc1nc(NC)nc(NCCCCOC(C)C)n1. The van der Waals surface area contributed by atoms with E-state index in [0.29, 0.717) is 30.6 Å². The lowest BCUT2D eigenvalue weighted by molar-refractivity contribution is 0.0765. The van der Waals surface area contributed by atoms with Crippen LogP contribution in [0.4, 0.5) is 11.9 Å². The number of nitrogens with one attached hydrogen (secondary N) is 2. The number of hydrogen-bond donors (Lipinski definition) is 2. The highest BCUT2D eigenvalue weighted by Crippen LogP contribution is 2.10. The summed E-state index contributed by atoms with van der Waals surface area (Å²) >= 11 is 0. The monoisotopic (exact) mass is 283 g/mol. The van der Waals surface area contributed by atoms with Gasteiger partial charge in [-0.3, -0.25) is 0 Å². The number of rotatable bonds is 10. The fourth-order valence-electron chi connectivity index (χ4n) is 1.49. The van der Waals surface area contributed by atoms with Crippen LogP contribution in [0, 0.1) is 0 Å². The van der Waals surface area contributed by atoms with Gasteiger partial charge in [0.2, 0.25) is 11.9 Å². The van der Waals surface area contributed by atoms with Gasteiger partial charge in [-0.1, -0.05) is 0 Å². The largest absolute Gasteiger partial charge is 0.464 e. The number of nitrogens with zero attached hydrogens (tertiary/aromatic N) is 3. The van der Waals surface area contributed by atoms with E-state index < -0.39 is 0 Å². The molecule has 0 aliphatic rings. The van der Waals surface area contributed by atoms with Crippen molar-refractivity contribution in [2.75, 3.05) is 37.4 Å². The Labute approximate surface area is 120 Å². The average molecular weight is 283 g/mol. The maximum atomic E-state index is 5.48. The van der Waals surface area contributed by atoms with Gasteiger partial charge in [0, 0.05) is 20.2 Å². The molecule has 114 valence electrons. The van der Waals surface area contributed by atoms with E-state index in [2.05, 4.69) is 25.6 Å². The van der Waals surface area contributed by atoms with Crippen LogP contribution in [0.3, 0.4) is 0 Å². The molecule has 0 bridgehead atoms. The summed E-state index contributed by atoms with van der Waals surface area (Å²) in [5, 5.41) is 6.06. The molecule has 0 saturated heterocycles. The first kappa shape index (κ1) is 16.4. The van der Waals surface area contributed by atoms with Crippen molar-refractivity contribution < 1.29 is 9.47 Å². The van der Waals surface area contributed by atoms with Crippen molar-refractivity contribution in [3.05, 3.63) is 0 Å². The van der Waals surface area contributed by atoms with Gasteiger partial charge in [0.05, 0.1) is 12.7 Å². The minimum atomic E-state index is 0.290. The highest BCUT2D eigenvalue weighted by atomic mass is 16.5. The van der Waals surface area contributed by atoms with Gasteiger partial charge in [0.25, 0.3) is 0 Å². The fourth-order valence-corrected chi connectivity index (χ4v) is 1.49. The van der Waals surface area contributed by atoms with Crippen molar-refractivity contribution in [2.24, 2.45) is 0 Å². The van der Waals surface area contributed by atoms with Crippen LogP contribution >= 0.6 is 0 Å². The molecule has 0 atom stereocenters. The molecule has 0 amide bonds. The van der Waals surface area contributed by atoms with E-state index in [9.17, 15) is 0 Å². The van der Waals surface area contributed by atoms with E-state index in [4.69, 9.17) is 9.47 Å². The molecule has 0 aliphatic carbocycles. The normalized spacial score (nSPS) is 10.7. The van der Waals surface area contributed by atoms with Gasteiger partial charge in [-0.25, -0.2) is 0 Å². The molecule has 0 radical (unpaired) electrons. The van der Waals surface area contributed by atoms with Gasteiger partial charge in [-0.2, -0.15) is 15.0 Å². The number of aromatic nitrogens is 3. The van der Waals surface area contributed by atoms with Crippen molar-refractivity contribution >= 4 is 11.9 Å². The first-order valence-corrected chi connectivity index (χ1v) is 7.07. The van der Waals surface area contributed by atoms with Gasteiger partial charge in [0.1, 0.15) is 0 Å². The second-order valence-electron chi connectivity index (χ2n) is 4.50. The Balaban J connectivity index is 2.36. The number of unbranched alkanes of at least 4 members (excludes halogenated alkanes) is 1. The molecule has 1 aromatic heterocycles. The third-order valence-electron chi connectivity index (χ3n) is 2.42. The maximum absolute atomic E-state index is 5.48. The molecule has 7 nitrogen and oxygen atoms in total. The fraction of sp³-hybridized carbons (Fsp3) is 0.769. The number of anilines is 2. The van der Waals surface area contributed by atoms with Crippen LogP contribution in [-0.4, -0.2) is 47.9 Å². The van der Waals surface area contributed by atoms with E-state index in [1.807, 2.05) is 20.8 Å². The summed E-state index contributed by atoms with van der Waals surface area (Å²) in [4.78, 5) is 12.5. The molecule has 0 unspecified atom stereocenters. The first-order valence-electron chi connectivity index (χ1n) is 7.07. The lowest BCUT2D eigenvalue weighted by Gasteiger charge is -2.09. The lowest BCUT2D eigenvalue weighted by atomic mass is 10.3. The summed E-state index contributed by atoms with van der Waals surface area (Å²) in [6, 6.07) is 0.331. The van der Waals surface area contributed by atoms with Crippen LogP contribution in [0.2, 0.25) is 0 Å². The van der Waals surface area contributed by atoms with Gasteiger partial charge < -0.3 is 20.1 Å². The summed E-state index contributed by atoms with van der Waals surface area (Å²) in [5.74, 6) is 1.02. The molecule has 1 heterocycles. The minimum Gasteiger partial charge on any atom is -0.464 e. The number of hydrogen-bond acceptors (Lipinski definition) is 7. The molecule has 0 fully saturated rings. The molecule has 7 heteroatoms. The van der Waals surface area contributed by atoms with Crippen LogP contribution in [0.5, 0.6) is 6.01 Å². The van der Waals surface area contributed by atoms with Crippen molar-refractivity contribution in [1.82, 2.24) is 15.0 Å². The second kappa shape index (κ2) is 9.30. The molecule has 0 spiro atoms. The Morgan fingerprint density at radius 3 is 2.50 bits per heavy atom. The summed E-state index contributed by atoms with van der Waals surface area (Å²) in [7, 11) is 1.76. The van der Waals surface area contributed by atoms with E-state index in [0.717, 1.165) is 26.0 Å². The van der Waals surface area contributed by atoms with E-state index >= 15 is 0 Å². The summed E-state index contributed by atoms with van der Waals surface area (Å²) in [5.41, 5.74) is 0. The van der Waals surface area contributed by atoms with Crippen LogP contribution in [-0.2, 0) is 4.74 Å². The molecule has 0 saturated carbocycles. The first-order chi connectivity index (χ1) is 9.65. The Morgan fingerprint density at radius 1 is 1.10 bits per heavy atom. The Hall–Kier alpha value is -1.63. The van der Waals surface area contributed by atoms with Gasteiger partial charge in [-0.15, -0.1) is 0 Å². The van der Waals surface area contributed by atoms with E-state index in [-0.39, 0.29) is 0 Å². The highest BCUT2D eigenvalue weighted by Gasteiger charge is 2.05. The molecule has 1 rings (SSSR count). The van der Waals surface area contributed by atoms with Crippen molar-refractivity contribution in [2.45, 2.75) is 39.7 Å². The molecular weight excluding hydrogens is 258 g/mol. The van der Waals surface area contributed by atoms with Crippen molar-refractivity contribution in [3.8, 4) is 6.01 Å². The van der Waals surface area contributed by atoms with E-state index in [1.165, 1.54) is 0 Å². The third kappa shape index (κ3) is 6.51. The molecule has 20 heavy (non-hydrogen) atoms. The standard InChI is InChI=1S/C13H25N5O2/c1-5-19-13-17-11(14-4)16-12(18-13)15-8-6-7-9-20-10(2)3/h10H,5-9H2,1-4H3,(H2,14,15,16,17,18). The van der Waals surface area contributed by atoms with Crippen LogP contribution in [0.1, 0.15) is 33.6 Å².